The summed E-state index contributed by atoms with van der Waals surface area (Å²) in [5.41, 5.74) is -1.12. The van der Waals surface area contributed by atoms with Gasteiger partial charge in [-0.05, 0) is 13.8 Å². The summed E-state index contributed by atoms with van der Waals surface area (Å²) in [6.07, 6.45) is 0. The van der Waals surface area contributed by atoms with E-state index < -0.39 is 46.5 Å². The molecule has 1 heterocycles. The molecule has 1 aromatic heterocycles. The van der Waals surface area contributed by atoms with Crippen molar-refractivity contribution in [3.05, 3.63) is 34.9 Å². The molecule has 0 bridgehead atoms. The van der Waals surface area contributed by atoms with Gasteiger partial charge in [-0.25, -0.2) is 22.0 Å². The van der Waals surface area contributed by atoms with E-state index in [9.17, 15) is 22.0 Å². The highest BCUT2D eigenvalue weighted by Crippen LogP contribution is 2.32. The highest BCUT2D eigenvalue weighted by Gasteiger charge is 2.30. The lowest BCUT2D eigenvalue weighted by Gasteiger charge is -2.14. The lowest BCUT2D eigenvalue weighted by molar-refractivity contribution is 0.380. The van der Waals surface area contributed by atoms with Gasteiger partial charge in [-0.1, -0.05) is 0 Å². The molecular formula is C12H9ClF5N3. The zero-order valence-corrected chi connectivity index (χ0v) is 11.6. The van der Waals surface area contributed by atoms with Crippen LogP contribution in [0.2, 0.25) is 0 Å². The first-order valence-electron chi connectivity index (χ1n) is 5.82. The van der Waals surface area contributed by atoms with Crippen molar-refractivity contribution in [1.29, 1.82) is 0 Å². The number of nitrogens with zero attached hydrogens (tertiary/aromatic N) is 3. The van der Waals surface area contributed by atoms with Crippen molar-refractivity contribution in [2.24, 2.45) is 0 Å². The minimum absolute atomic E-state index is 0.124. The van der Waals surface area contributed by atoms with Crippen LogP contribution in [0, 0.1) is 29.1 Å². The van der Waals surface area contributed by atoms with Crippen LogP contribution >= 0.6 is 11.6 Å². The molecule has 0 aliphatic rings. The van der Waals surface area contributed by atoms with Crippen LogP contribution in [0.1, 0.15) is 25.7 Å². The zero-order valence-electron chi connectivity index (χ0n) is 10.9. The molecule has 21 heavy (non-hydrogen) atoms. The van der Waals surface area contributed by atoms with Crippen molar-refractivity contribution >= 4 is 11.6 Å². The molecule has 9 heteroatoms. The molecule has 0 aliphatic heterocycles. The fourth-order valence-electron chi connectivity index (χ4n) is 1.93. The topological polar surface area (TPSA) is 30.7 Å². The summed E-state index contributed by atoms with van der Waals surface area (Å²) < 4.78 is 68.4. The number of aromatic nitrogens is 3. The standard InChI is InChI=1S/C12H9ClF5N3/c1-4(2)21-5(3-13)19-20-12(21)6-7(14)9(16)11(18)10(17)8(6)15/h4H,3H2,1-2H3. The van der Waals surface area contributed by atoms with Gasteiger partial charge in [0.2, 0.25) is 5.82 Å². The summed E-state index contributed by atoms with van der Waals surface area (Å²) in [6.45, 7) is 3.27. The van der Waals surface area contributed by atoms with Crippen LogP contribution in [0.4, 0.5) is 22.0 Å². The third kappa shape index (κ3) is 2.37. The third-order valence-corrected chi connectivity index (χ3v) is 3.07. The number of benzene rings is 1. The molecule has 0 atom stereocenters. The first-order valence-corrected chi connectivity index (χ1v) is 6.36. The normalized spacial score (nSPS) is 11.5. The monoisotopic (exact) mass is 325 g/mol. The predicted octanol–water partition coefficient (Wildman–Crippen LogP) is 3.96. The Morgan fingerprint density at radius 1 is 0.905 bits per heavy atom. The van der Waals surface area contributed by atoms with Gasteiger partial charge in [0, 0.05) is 6.04 Å². The molecule has 0 N–H and O–H groups in total. The van der Waals surface area contributed by atoms with Gasteiger partial charge in [-0.3, -0.25) is 0 Å². The van der Waals surface area contributed by atoms with Crippen LogP contribution in [-0.4, -0.2) is 14.8 Å². The zero-order chi connectivity index (χ0) is 15.9. The van der Waals surface area contributed by atoms with Gasteiger partial charge in [0.1, 0.15) is 5.82 Å². The summed E-state index contributed by atoms with van der Waals surface area (Å²) >= 11 is 5.63. The van der Waals surface area contributed by atoms with Crippen LogP contribution < -0.4 is 0 Å². The number of hydrogen-bond donors (Lipinski definition) is 0. The maximum atomic E-state index is 13.8. The average Bonchev–Trinajstić information content (AvgIpc) is 2.87. The fraction of sp³-hybridized carbons (Fsp3) is 0.333. The Balaban J connectivity index is 2.83. The van der Waals surface area contributed by atoms with Gasteiger partial charge in [-0.15, -0.1) is 21.8 Å². The molecule has 0 radical (unpaired) electrons. The maximum absolute atomic E-state index is 13.8. The fourth-order valence-corrected chi connectivity index (χ4v) is 2.11. The van der Waals surface area contributed by atoms with E-state index in [1.54, 1.807) is 13.8 Å². The molecule has 0 amide bonds. The molecule has 0 aliphatic carbocycles. The summed E-state index contributed by atoms with van der Waals surface area (Å²) in [4.78, 5) is 0. The quantitative estimate of drug-likeness (QED) is 0.370. The molecule has 0 spiro atoms. The molecule has 3 nitrogen and oxygen atoms in total. The summed E-state index contributed by atoms with van der Waals surface area (Å²) in [5, 5.41) is 7.11. The lowest BCUT2D eigenvalue weighted by atomic mass is 10.1. The largest absolute Gasteiger partial charge is 0.307 e. The molecule has 0 saturated heterocycles. The second-order valence-electron chi connectivity index (χ2n) is 4.48. The minimum atomic E-state index is -2.22. The van der Waals surface area contributed by atoms with Crippen LogP contribution in [0.3, 0.4) is 0 Å². The summed E-state index contributed by atoms with van der Waals surface area (Å²) in [5.74, 6) is -10.6. The molecule has 1 aromatic carbocycles. The molecule has 2 aromatic rings. The van der Waals surface area contributed by atoms with E-state index in [1.807, 2.05) is 0 Å². The van der Waals surface area contributed by atoms with Crippen molar-refractivity contribution in [2.75, 3.05) is 0 Å². The van der Waals surface area contributed by atoms with Crippen molar-refractivity contribution < 1.29 is 22.0 Å². The molecule has 0 unspecified atom stereocenters. The molecule has 0 fully saturated rings. The van der Waals surface area contributed by atoms with E-state index in [0.717, 1.165) is 0 Å². The second kappa shape index (κ2) is 5.59. The molecular weight excluding hydrogens is 317 g/mol. The van der Waals surface area contributed by atoms with E-state index in [2.05, 4.69) is 10.2 Å². The van der Waals surface area contributed by atoms with Crippen molar-refractivity contribution in [2.45, 2.75) is 25.8 Å². The summed E-state index contributed by atoms with van der Waals surface area (Å²) in [6, 6.07) is -0.390. The number of halogens is 6. The van der Waals surface area contributed by atoms with Gasteiger partial charge in [-0.2, -0.15) is 0 Å². The Hall–Kier alpha value is -1.70. The van der Waals surface area contributed by atoms with Gasteiger partial charge < -0.3 is 4.57 Å². The Morgan fingerprint density at radius 2 is 1.38 bits per heavy atom. The number of alkyl halides is 1. The molecule has 0 saturated carbocycles. The number of rotatable bonds is 3. The van der Waals surface area contributed by atoms with Crippen LogP contribution in [0.25, 0.3) is 11.4 Å². The van der Waals surface area contributed by atoms with Gasteiger partial charge in [0.05, 0.1) is 11.4 Å². The average molecular weight is 326 g/mol. The Morgan fingerprint density at radius 3 is 1.81 bits per heavy atom. The van der Waals surface area contributed by atoms with E-state index in [0.29, 0.717) is 0 Å². The van der Waals surface area contributed by atoms with E-state index in [-0.39, 0.29) is 11.7 Å². The Labute approximate surface area is 121 Å². The Kier molecular flexibility index (Phi) is 4.18. The second-order valence-corrected chi connectivity index (χ2v) is 4.75. The smallest absolute Gasteiger partial charge is 0.200 e. The van der Waals surface area contributed by atoms with Crippen molar-refractivity contribution in [1.82, 2.24) is 14.8 Å². The highest BCUT2D eigenvalue weighted by molar-refractivity contribution is 6.16. The van der Waals surface area contributed by atoms with E-state index in [1.165, 1.54) is 4.57 Å². The van der Waals surface area contributed by atoms with Crippen LogP contribution in [0.5, 0.6) is 0 Å². The van der Waals surface area contributed by atoms with Crippen LogP contribution in [-0.2, 0) is 5.88 Å². The molecule has 2 rings (SSSR count). The predicted molar refractivity (Wildman–Crippen MR) is 65.2 cm³/mol. The van der Waals surface area contributed by atoms with Gasteiger partial charge in [0.25, 0.3) is 0 Å². The van der Waals surface area contributed by atoms with Crippen molar-refractivity contribution in [3.63, 3.8) is 0 Å². The third-order valence-electron chi connectivity index (χ3n) is 2.84. The molecule has 114 valence electrons. The summed E-state index contributed by atoms with van der Waals surface area (Å²) in [7, 11) is 0. The highest BCUT2D eigenvalue weighted by atomic mass is 35.5. The van der Waals surface area contributed by atoms with Gasteiger partial charge in [0.15, 0.2) is 29.1 Å². The van der Waals surface area contributed by atoms with Crippen LogP contribution in [0.15, 0.2) is 0 Å². The first kappa shape index (κ1) is 15.7. The van der Waals surface area contributed by atoms with Crippen molar-refractivity contribution in [3.8, 4) is 11.4 Å². The lowest BCUT2D eigenvalue weighted by Crippen LogP contribution is -2.11. The van der Waals surface area contributed by atoms with E-state index in [4.69, 9.17) is 11.6 Å². The minimum Gasteiger partial charge on any atom is -0.307 e. The maximum Gasteiger partial charge on any atom is 0.200 e. The first-order chi connectivity index (χ1) is 9.81. The SMILES string of the molecule is CC(C)n1c(CCl)nnc1-c1c(F)c(F)c(F)c(F)c1F. The van der Waals surface area contributed by atoms with E-state index >= 15 is 0 Å². The Bertz CT molecular complexity index is 670. The van der Waals surface area contributed by atoms with Gasteiger partial charge >= 0.3 is 0 Å². The number of hydrogen-bond acceptors (Lipinski definition) is 2.